The Morgan fingerprint density at radius 3 is 2.27 bits per heavy atom. The van der Waals surface area contributed by atoms with Crippen molar-refractivity contribution in [3.8, 4) is 22.3 Å². The van der Waals surface area contributed by atoms with E-state index in [1.165, 1.54) is 4.31 Å². The number of benzene rings is 3. The highest BCUT2D eigenvalue weighted by Crippen LogP contribution is 2.40. The second kappa shape index (κ2) is 8.09. The number of rotatable bonds is 3. The first-order valence-corrected chi connectivity index (χ1v) is 12.4. The monoisotopic (exact) mass is 480 g/mol. The summed E-state index contributed by atoms with van der Waals surface area (Å²) in [4.78, 5) is 24.2. The van der Waals surface area contributed by atoms with Gasteiger partial charge >= 0.3 is 0 Å². The smallest absolute Gasteiger partial charge is 0.244 e. The van der Waals surface area contributed by atoms with Crippen LogP contribution in [-0.4, -0.2) is 31.6 Å². The van der Waals surface area contributed by atoms with Crippen LogP contribution in [0.1, 0.15) is 29.9 Å². The molecule has 1 fully saturated rings. The predicted molar refractivity (Wildman–Crippen MR) is 126 cm³/mol. The molecule has 2 amide bonds. The van der Waals surface area contributed by atoms with Crippen LogP contribution >= 0.6 is 11.6 Å². The van der Waals surface area contributed by atoms with E-state index in [9.17, 15) is 18.0 Å². The van der Waals surface area contributed by atoms with Gasteiger partial charge in [0.25, 0.3) is 0 Å². The minimum atomic E-state index is -3.51. The van der Waals surface area contributed by atoms with E-state index in [-0.39, 0.29) is 18.2 Å². The lowest BCUT2D eigenvalue weighted by molar-refractivity contribution is -0.134. The number of hydrogen-bond acceptors (Lipinski definition) is 4. The molecule has 0 aromatic heterocycles. The van der Waals surface area contributed by atoms with Gasteiger partial charge in [0, 0.05) is 31.1 Å². The van der Waals surface area contributed by atoms with E-state index in [2.05, 4.69) is 5.32 Å². The lowest BCUT2D eigenvalue weighted by atomic mass is 9.88. The Hall–Kier alpha value is -3.00. The third kappa shape index (κ3) is 3.66. The van der Waals surface area contributed by atoms with Gasteiger partial charge in [-0.25, -0.2) is 8.42 Å². The number of nitrogens with zero attached hydrogens (tertiary/aromatic N) is 1. The predicted octanol–water partition coefficient (Wildman–Crippen LogP) is 4.33. The van der Waals surface area contributed by atoms with Gasteiger partial charge in [0.15, 0.2) is 0 Å². The average molecular weight is 481 g/mol. The minimum absolute atomic E-state index is 0.264. The average Bonchev–Trinajstić information content (AvgIpc) is 3.03. The number of carbonyl (C=O) groups is 2. The fourth-order valence-electron chi connectivity index (χ4n) is 4.58. The maximum Gasteiger partial charge on any atom is 0.244 e. The van der Waals surface area contributed by atoms with E-state index in [4.69, 9.17) is 11.6 Å². The van der Waals surface area contributed by atoms with Crippen molar-refractivity contribution in [1.29, 1.82) is 0 Å². The van der Waals surface area contributed by atoms with Crippen LogP contribution in [0, 0.1) is 0 Å². The molecule has 33 heavy (non-hydrogen) atoms. The number of nitrogens with one attached hydrogen (secondary N) is 1. The Kier molecular flexibility index (Phi) is 5.35. The molecule has 3 aromatic rings. The van der Waals surface area contributed by atoms with E-state index in [0.29, 0.717) is 34.0 Å². The molecule has 0 spiro atoms. The summed E-state index contributed by atoms with van der Waals surface area (Å²) in [5, 5.41) is 2.86. The van der Waals surface area contributed by atoms with Crippen LogP contribution in [0.2, 0.25) is 5.02 Å². The van der Waals surface area contributed by atoms with Crippen LogP contribution in [0.5, 0.6) is 0 Å². The van der Waals surface area contributed by atoms with Gasteiger partial charge in [-0.15, -0.1) is 0 Å². The Balaban J connectivity index is 1.51. The highest BCUT2D eigenvalue weighted by atomic mass is 35.5. The number of carbonyl (C=O) groups excluding carboxylic acids is 2. The Morgan fingerprint density at radius 2 is 1.58 bits per heavy atom. The Bertz CT molecular complexity index is 1400. The topological polar surface area (TPSA) is 83.6 Å². The fourth-order valence-corrected chi connectivity index (χ4v) is 6.50. The standard InChI is InChI=1S/C25H21ClN2O4S/c1-28-14-17-4-2-6-19(24(17)33(28,31)32)16-10-8-15(9-11-16)18-5-3-7-20(23(18)26)21-12-13-22(29)27-25(21)30/h2-11,21H,12-14H2,1H3,(H,27,29,30). The molecule has 2 aliphatic rings. The molecule has 168 valence electrons. The number of sulfonamides is 1. The number of piperidine rings is 1. The molecule has 6 nitrogen and oxygen atoms in total. The van der Waals surface area contributed by atoms with E-state index in [1.807, 2.05) is 60.7 Å². The van der Waals surface area contributed by atoms with Crippen LogP contribution in [0.4, 0.5) is 0 Å². The van der Waals surface area contributed by atoms with Crippen molar-refractivity contribution in [3.63, 3.8) is 0 Å². The zero-order valence-corrected chi connectivity index (χ0v) is 19.4. The molecule has 3 aromatic carbocycles. The summed E-state index contributed by atoms with van der Waals surface area (Å²) in [6.45, 7) is 0.367. The molecule has 0 bridgehead atoms. The lowest BCUT2D eigenvalue weighted by Crippen LogP contribution is -2.39. The van der Waals surface area contributed by atoms with Crippen LogP contribution in [0.15, 0.2) is 65.6 Å². The van der Waals surface area contributed by atoms with Gasteiger partial charge in [0.2, 0.25) is 21.8 Å². The largest absolute Gasteiger partial charge is 0.296 e. The number of imide groups is 1. The minimum Gasteiger partial charge on any atom is -0.296 e. The van der Waals surface area contributed by atoms with Crippen LogP contribution in [0.3, 0.4) is 0 Å². The second-order valence-corrected chi connectivity index (χ2v) is 10.7. The summed E-state index contributed by atoms with van der Waals surface area (Å²) in [7, 11) is -1.93. The maximum atomic E-state index is 12.8. The van der Waals surface area contributed by atoms with Gasteiger partial charge in [-0.3, -0.25) is 14.9 Å². The van der Waals surface area contributed by atoms with E-state index < -0.39 is 15.9 Å². The SMILES string of the molecule is CN1Cc2cccc(-c3ccc(-c4cccc(C5CCC(=O)NC5=O)c4Cl)cc3)c2S1(=O)=O. The first-order chi connectivity index (χ1) is 15.8. The van der Waals surface area contributed by atoms with E-state index >= 15 is 0 Å². The fraction of sp³-hybridized carbons (Fsp3) is 0.200. The van der Waals surface area contributed by atoms with Crippen LogP contribution < -0.4 is 5.32 Å². The van der Waals surface area contributed by atoms with Crippen LogP contribution in [0.25, 0.3) is 22.3 Å². The van der Waals surface area contributed by atoms with Crippen LogP contribution in [-0.2, 0) is 26.2 Å². The molecule has 1 N–H and O–H groups in total. The molecule has 0 saturated carbocycles. The molecule has 2 aliphatic heterocycles. The molecule has 1 unspecified atom stereocenters. The van der Waals surface area contributed by atoms with E-state index in [1.54, 1.807) is 7.05 Å². The first-order valence-electron chi connectivity index (χ1n) is 10.6. The Labute approximate surface area is 197 Å². The summed E-state index contributed by atoms with van der Waals surface area (Å²) in [6.07, 6.45) is 0.708. The van der Waals surface area contributed by atoms with Crippen molar-refractivity contribution in [1.82, 2.24) is 9.62 Å². The zero-order chi connectivity index (χ0) is 23.3. The van der Waals surface area contributed by atoms with Crippen molar-refractivity contribution in [2.45, 2.75) is 30.2 Å². The highest BCUT2D eigenvalue weighted by Gasteiger charge is 2.34. The quantitative estimate of drug-likeness (QED) is 0.565. The summed E-state index contributed by atoms with van der Waals surface area (Å²) in [6, 6.07) is 18.6. The zero-order valence-electron chi connectivity index (χ0n) is 17.8. The summed E-state index contributed by atoms with van der Waals surface area (Å²) >= 11 is 6.72. The number of halogens is 1. The van der Waals surface area contributed by atoms with Gasteiger partial charge in [0.05, 0.1) is 15.8 Å². The van der Waals surface area contributed by atoms with Crippen molar-refractivity contribution in [2.24, 2.45) is 0 Å². The van der Waals surface area contributed by atoms with Crippen molar-refractivity contribution in [3.05, 3.63) is 76.8 Å². The number of fused-ring (bicyclic) bond motifs is 1. The normalized spacial score (nSPS) is 19.9. The molecule has 1 saturated heterocycles. The summed E-state index contributed by atoms with van der Waals surface area (Å²) in [5.74, 6) is -1.06. The molecule has 2 heterocycles. The van der Waals surface area contributed by atoms with Gasteiger partial charge in [-0.05, 0) is 28.7 Å². The second-order valence-electron chi connectivity index (χ2n) is 8.34. The summed E-state index contributed by atoms with van der Waals surface area (Å²) < 4.78 is 27.0. The lowest BCUT2D eigenvalue weighted by Gasteiger charge is -2.23. The molecular formula is C25H21ClN2O4S. The van der Waals surface area contributed by atoms with Gasteiger partial charge in [-0.2, -0.15) is 4.31 Å². The third-order valence-corrected chi connectivity index (χ3v) is 8.68. The van der Waals surface area contributed by atoms with Gasteiger partial charge < -0.3 is 0 Å². The molecule has 1 atom stereocenters. The Morgan fingerprint density at radius 1 is 0.939 bits per heavy atom. The molecule has 0 aliphatic carbocycles. The first kappa shape index (κ1) is 21.8. The highest BCUT2D eigenvalue weighted by molar-refractivity contribution is 7.89. The van der Waals surface area contributed by atoms with Gasteiger partial charge in [-0.1, -0.05) is 72.3 Å². The van der Waals surface area contributed by atoms with Crippen molar-refractivity contribution >= 4 is 33.4 Å². The molecule has 0 radical (unpaired) electrons. The van der Waals surface area contributed by atoms with Gasteiger partial charge in [0.1, 0.15) is 0 Å². The molecular weight excluding hydrogens is 460 g/mol. The molecule has 5 rings (SSSR count). The summed E-state index contributed by atoms with van der Waals surface area (Å²) in [5.41, 5.74) is 4.58. The molecule has 8 heteroatoms. The van der Waals surface area contributed by atoms with Crippen molar-refractivity contribution in [2.75, 3.05) is 7.05 Å². The number of hydrogen-bond donors (Lipinski definition) is 1. The third-order valence-electron chi connectivity index (χ3n) is 6.31. The maximum absolute atomic E-state index is 12.8. The number of amides is 2. The van der Waals surface area contributed by atoms with Crippen molar-refractivity contribution < 1.29 is 18.0 Å². The van der Waals surface area contributed by atoms with E-state index in [0.717, 1.165) is 22.3 Å².